The van der Waals surface area contributed by atoms with Crippen LogP contribution >= 0.6 is 0 Å². The van der Waals surface area contributed by atoms with Crippen molar-refractivity contribution in [2.75, 3.05) is 13.7 Å². The van der Waals surface area contributed by atoms with Crippen molar-refractivity contribution < 1.29 is 36.0 Å². The third kappa shape index (κ3) is 8.66. The van der Waals surface area contributed by atoms with Crippen LogP contribution < -0.4 is 0 Å². The van der Waals surface area contributed by atoms with Crippen LogP contribution in [0.25, 0.3) is 0 Å². The number of benzene rings is 1. The SMILES string of the molecule is CC(C)OC(C)(C)CCCCN(F)C(=O)c1cc(F)c(F)c(F)c1F.CO[Si]. The maximum atomic E-state index is 13.8. The smallest absolute Gasteiger partial charge is 0.284 e. The Morgan fingerprint density at radius 1 is 1.14 bits per heavy atom. The third-order valence-corrected chi connectivity index (χ3v) is 3.49. The first-order valence-corrected chi connectivity index (χ1v) is 8.96. The lowest BCUT2D eigenvalue weighted by Crippen LogP contribution is -2.29. The molecule has 0 N–H and O–H groups in total. The van der Waals surface area contributed by atoms with Gasteiger partial charge in [-0.25, -0.2) is 17.6 Å². The number of hydrogen-bond donors (Lipinski definition) is 0. The molecule has 0 atom stereocenters. The summed E-state index contributed by atoms with van der Waals surface area (Å²) in [7, 11) is 4.22. The van der Waals surface area contributed by atoms with E-state index in [1.807, 2.05) is 27.7 Å². The van der Waals surface area contributed by atoms with Gasteiger partial charge in [-0.1, -0.05) is 4.48 Å². The Kier molecular flexibility index (Phi) is 11.5. The normalized spacial score (nSPS) is 11.3. The molecule has 3 radical (unpaired) electrons. The van der Waals surface area contributed by atoms with E-state index in [0.717, 1.165) is 0 Å². The fourth-order valence-electron chi connectivity index (χ4n) is 2.46. The van der Waals surface area contributed by atoms with E-state index in [0.29, 0.717) is 12.8 Å². The van der Waals surface area contributed by atoms with Gasteiger partial charge in [-0.2, -0.15) is 5.12 Å². The molecule has 0 heterocycles. The Balaban J connectivity index is 0.00000227. The van der Waals surface area contributed by atoms with E-state index in [-0.39, 0.29) is 23.7 Å². The molecule has 1 aromatic rings. The average Bonchev–Trinajstić information content (AvgIpc) is 2.58. The number of nitrogens with zero attached hydrogens (tertiary/aromatic N) is 1. The molecule has 0 aliphatic carbocycles. The van der Waals surface area contributed by atoms with Gasteiger partial charge in [0.2, 0.25) is 10.5 Å². The Morgan fingerprint density at radius 2 is 1.68 bits per heavy atom. The fraction of sp³-hybridized carbons (Fsp3) is 0.611. The maximum Gasteiger partial charge on any atom is 0.284 e. The van der Waals surface area contributed by atoms with Crippen LogP contribution in [0.3, 0.4) is 0 Å². The third-order valence-electron chi connectivity index (χ3n) is 3.49. The Bertz CT molecular complexity index is 644. The summed E-state index contributed by atoms with van der Waals surface area (Å²) in [5.41, 5.74) is -1.61. The largest absolute Gasteiger partial charge is 0.422 e. The van der Waals surface area contributed by atoms with E-state index in [4.69, 9.17) is 4.74 Å². The number of hydrogen-bond acceptors (Lipinski definition) is 3. The molecule has 1 rings (SSSR count). The molecule has 1 amide bonds. The first kappa shape index (κ1) is 26.5. The van der Waals surface area contributed by atoms with Gasteiger partial charge in [0.1, 0.15) is 0 Å². The van der Waals surface area contributed by atoms with Gasteiger partial charge >= 0.3 is 0 Å². The summed E-state index contributed by atoms with van der Waals surface area (Å²) in [4.78, 5) is 11.7. The molecular formula is C18H25F5NO3Si. The van der Waals surface area contributed by atoms with Gasteiger partial charge in [0.05, 0.1) is 23.8 Å². The topological polar surface area (TPSA) is 38.8 Å². The second kappa shape index (κ2) is 12.1. The van der Waals surface area contributed by atoms with E-state index in [1.54, 1.807) is 0 Å². The van der Waals surface area contributed by atoms with Gasteiger partial charge < -0.3 is 9.16 Å². The van der Waals surface area contributed by atoms with Gasteiger partial charge in [-0.3, -0.25) is 4.79 Å². The average molecular weight is 426 g/mol. The minimum Gasteiger partial charge on any atom is -0.422 e. The lowest BCUT2D eigenvalue weighted by atomic mass is 10.0. The van der Waals surface area contributed by atoms with Crippen LogP contribution in [0.2, 0.25) is 0 Å². The summed E-state index contributed by atoms with van der Waals surface area (Å²) >= 11 is 0. The minimum atomic E-state index is -2.15. The number of halogens is 5. The van der Waals surface area contributed by atoms with Crippen molar-refractivity contribution >= 4 is 16.4 Å². The van der Waals surface area contributed by atoms with Crippen molar-refractivity contribution in [3.05, 3.63) is 34.9 Å². The molecular weight excluding hydrogens is 401 g/mol. The predicted octanol–water partition coefficient (Wildman–Crippen LogP) is 4.66. The van der Waals surface area contributed by atoms with Gasteiger partial charge in [0, 0.05) is 7.11 Å². The van der Waals surface area contributed by atoms with E-state index < -0.39 is 46.9 Å². The molecule has 10 heteroatoms. The van der Waals surface area contributed by atoms with E-state index in [2.05, 4.69) is 14.9 Å². The van der Waals surface area contributed by atoms with Crippen LogP contribution in [0, 0.1) is 23.3 Å². The molecule has 0 saturated carbocycles. The first-order chi connectivity index (χ1) is 12.9. The van der Waals surface area contributed by atoms with E-state index in [1.165, 1.54) is 7.11 Å². The van der Waals surface area contributed by atoms with Gasteiger partial charge in [0.15, 0.2) is 23.3 Å². The molecule has 0 aliphatic heterocycles. The van der Waals surface area contributed by atoms with Gasteiger partial charge in [0.25, 0.3) is 5.91 Å². The molecule has 0 bridgehead atoms. The first-order valence-electron chi connectivity index (χ1n) is 8.56. The molecule has 0 fully saturated rings. The highest BCUT2D eigenvalue weighted by Gasteiger charge is 2.26. The highest BCUT2D eigenvalue weighted by molar-refractivity contribution is 5.97. The molecule has 0 saturated heterocycles. The van der Waals surface area contributed by atoms with Gasteiger partial charge in [-0.05, 0) is 53.0 Å². The van der Waals surface area contributed by atoms with Crippen molar-refractivity contribution in [1.29, 1.82) is 0 Å². The van der Waals surface area contributed by atoms with E-state index in [9.17, 15) is 26.8 Å². The van der Waals surface area contributed by atoms with Crippen LogP contribution in [0.5, 0.6) is 0 Å². The zero-order valence-corrected chi connectivity index (χ0v) is 17.5. The predicted molar refractivity (Wildman–Crippen MR) is 95.3 cm³/mol. The molecule has 0 aromatic heterocycles. The molecule has 1 aromatic carbocycles. The van der Waals surface area contributed by atoms with Crippen LogP contribution in [0.1, 0.15) is 57.3 Å². The lowest BCUT2D eigenvalue weighted by molar-refractivity contribution is -0.0621. The summed E-state index contributed by atoms with van der Waals surface area (Å²) in [6.07, 6.45) is 1.38. The molecule has 0 unspecified atom stereocenters. The summed E-state index contributed by atoms with van der Waals surface area (Å²) in [5, 5.41) is -0.342. The van der Waals surface area contributed by atoms with Crippen molar-refractivity contribution in [2.45, 2.75) is 58.7 Å². The van der Waals surface area contributed by atoms with Crippen molar-refractivity contribution in [2.24, 2.45) is 0 Å². The highest BCUT2D eigenvalue weighted by atomic mass is 28.2. The maximum absolute atomic E-state index is 13.8. The molecule has 0 aliphatic rings. The molecule has 28 heavy (non-hydrogen) atoms. The lowest BCUT2D eigenvalue weighted by Gasteiger charge is -2.28. The highest BCUT2D eigenvalue weighted by Crippen LogP contribution is 2.22. The van der Waals surface area contributed by atoms with Crippen molar-refractivity contribution in [1.82, 2.24) is 5.12 Å². The molecule has 0 spiro atoms. The van der Waals surface area contributed by atoms with Crippen LogP contribution in [0.15, 0.2) is 6.07 Å². The Morgan fingerprint density at radius 3 is 2.18 bits per heavy atom. The second-order valence-electron chi connectivity index (χ2n) is 6.83. The zero-order valence-electron chi connectivity index (χ0n) is 16.5. The standard InChI is InChI=1S/C17H22F5NO2.CH3OSi/c1-10(2)25-17(3,4)7-5-6-8-23(22)16(24)11-9-12(18)14(20)15(21)13(11)19;1-2-3/h9-10H,5-8H2,1-4H3;1H3. The summed E-state index contributed by atoms with van der Waals surface area (Å²) < 4.78 is 76.1. The summed E-state index contributed by atoms with van der Waals surface area (Å²) in [6.45, 7) is 7.14. The van der Waals surface area contributed by atoms with Crippen molar-refractivity contribution in [3.63, 3.8) is 0 Å². The molecule has 159 valence electrons. The van der Waals surface area contributed by atoms with Crippen molar-refractivity contribution in [3.8, 4) is 0 Å². The number of carbonyl (C=O) groups excluding carboxylic acids is 1. The van der Waals surface area contributed by atoms with Gasteiger partial charge in [-0.15, -0.1) is 0 Å². The van der Waals surface area contributed by atoms with Crippen LogP contribution in [0.4, 0.5) is 22.0 Å². The minimum absolute atomic E-state index is 0.0282. The Labute approximate surface area is 165 Å². The number of unbranched alkanes of at least 4 members (excludes halogenated alkanes) is 1. The zero-order chi connectivity index (χ0) is 22.1. The van der Waals surface area contributed by atoms with Crippen LogP contribution in [-0.2, 0) is 9.16 Å². The van der Waals surface area contributed by atoms with Crippen LogP contribution in [-0.4, -0.2) is 46.9 Å². The number of amides is 1. The Hall–Kier alpha value is -1.52. The molecule has 4 nitrogen and oxygen atoms in total. The monoisotopic (exact) mass is 426 g/mol. The summed E-state index contributed by atoms with van der Waals surface area (Å²) in [6, 6.07) is 0.141. The fourth-order valence-corrected chi connectivity index (χ4v) is 2.46. The van der Waals surface area contributed by atoms with E-state index >= 15 is 0 Å². The summed E-state index contributed by atoms with van der Waals surface area (Å²) in [5.74, 6) is -9.44. The quantitative estimate of drug-likeness (QED) is 0.152. The number of carbonyl (C=O) groups is 1. The number of ether oxygens (including phenoxy) is 1. The number of rotatable bonds is 8. The second-order valence-corrected chi connectivity index (χ2v) is 7.23.